The van der Waals surface area contributed by atoms with Crippen molar-refractivity contribution in [1.82, 2.24) is 10.0 Å². The fourth-order valence-electron chi connectivity index (χ4n) is 2.77. The monoisotopic (exact) mass is 310 g/mol. The predicted octanol–water partition coefficient (Wildman–Crippen LogP) is 2.31. The summed E-state index contributed by atoms with van der Waals surface area (Å²) in [6.07, 6.45) is 5.43. The summed E-state index contributed by atoms with van der Waals surface area (Å²) in [7, 11) is -1.47. The molecule has 1 aromatic rings. The molecule has 0 radical (unpaired) electrons. The lowest BCUT2D eigenvalue weighted by atomic mass is 9.67. The van der Waals surface area contributed by atoms with Gasteiger partial charge < -0.3 is 5.32 Å². The molecular weight excluding hydrogens is 284 g/mol. The minimum Gasteiger partial charge on any atom is -0.319 e. The molecule has 1 aliphatic rings. The van der Waals surface area contributed by atoms with Crippen molar-refractivity contribution in [1.29, 1.82) is 0 Å². The molecule has 21 heavy (non-hydrogen) atoms. The zero-order chi connectivity index (χ0) is 15.3. The van der Waals surface area contributed by atoms with Crippen LogP contribution in [-0.2, 0) is 16.4 Å². The van der Waals surface area contributed by atoms with Crippen LogP contribution in [0.15, 0.2) is 29.2 Å². The third kappa shape index (κ3) is 4.05. The van der Waals surface area contributed by atoms with Crippen LogP contribution in [0.25, 0.3) is 0 Å². The molecule has 0 amide bonds. The molecule has 1 saturated carbocycles. The molecule has 0 atom stereocenters. The third-order valence-electron chi connectivity index (χ3n) is 4.70. The van der Waals surface area contributed by atoms with Gasteiger partial charge in [0, 0.05) is 6.54 Å². The van der Waals surface area contributed by atoms with Crippen molar-refractivity contribution in [2.75, 3.05) is 20.1 Å². The Morgan fingerprint density at radius 2 is 1.86 bits per heavy atom. The van der Waals surface area contributed by atoms with Gasteiger partial charge >= 0.3 is 0 Å². The smallest absolute Gasteiger partial charge is 0.240 e. The Balaban J connectivity index is 1.98. The topological polar surface area (TPSA) is 58.2 Å². The summed E-state index contributed by atoms with van der Waals surface area (Å²) in [5.41, 5.74) is 1.34. The van der Waals surface area contributed by atoms with Crippen molar-refractivity contribution >= 4 is 10.0 Å². The van der Waals surface area contributed by atoms with Crippen molar-refractivity contribution in [3.63, 3.8) is 0 Å². The van der Waals surface area contributed by atoms with Crippen molar-refractivity contribution in [2.24, 2.45) is 5.41 Å². The summed E-state index contributed by atoms with van der Waals surface area (Å²) < 4.78 is 27.5. The number of benzene rings is 1. The highest BCUT2D eigenvalue weighted by Crippen LogP contribution is 2.43. The van der Waals surface area contributed by atoms with Crippen LogP contribution in [0.4, 0.5) is 0 Å². The second-order valence-electron chi connectivity index (χ2n) is 6.03. The van der Waals surface area contributed by atoms with E-state index >= 15 is 0 Å². The van der Waals surface area contributed by atoms with Crippen LogP contribution in [0.2, 0.25) is 0 Å². The molecule has 4 nitrogen and oxygen atoms in total. The predicted molar refractivity (Wildman–Crippen MR) is 85.8 cm³/mol. The molecule has 0 unspecified atom stereocenters. The Bertz CT molecular complexity index is 543. The fourth-order valence-corrected chi connectivity index (χ4v) is 3.93. The van der Waals surface area contributed by atoms with Gasteiger partial charge in [-0.2, -0.15) is 0 Å². The van der Waals surface area contributed by atoms with Crippen LogP contribution < -0.4 is 10.0 Å². The van der Waals surface area contributed by atoms with Crippen LogP contribution in [-0.4, -0.2) is 28.6 Å². The van der Waals surface area contributed by atoms with Gasteiger partial charge in [-0.05, 0) is 62.4 Å². The first-order valence-corrected chi connectivity index (χ1v) is 9.23. The van der Waals surface area contributed by atoms with Crippen LogP contribution >= 0.6 is 0 Å². The van der Waals surface area contributed by atoms with E-state index in [0.717, 1.165) is 37.8 Å². The summed E-state index contributed by atoms with van der Waals surface area (Å²) in [6.45, 7) is 3.60. The Labute approximate surface area is 128 Å². The molecule has 0 aliphatic heterocycles. The molecule has 5 heteroatoms. The van der Waals surface area contributed by atoms with Crippen LogP contribution in [0, 0.1) is 5.41 Å². The Morgan fingerprint density at radius 3 is 2.33 bits per heavy atom. The summed E-state index contributed by atoms with van der Waals surface area (Å²) in [5, 5.41) is 3.09. The standard InChI is InChI=1S/C16H26N2O2S/c1-3-16(10-4-11-16)13-18-21(19,20)15-7-5-14(6-8-15)9-12-17-2/h5-8,17-18H,3-4,9-13H2,1-2H3. The minimum absolute atomic E-state index is 0.194. The summed E-state index contributed by atoms with van der Waals surface area (Å²) in [6, 6.07) is 7.19. The molecule has 0 bridgehead atoms. The van der Waals surface area contributed by atoms with Gasteiger partial charge in [0.25, 0.3) is 0 Å². The Morgan fingerprint density at radius 1 is 1.19 bits per heavy atom. The second-order valence-corrected chi connectivity index (χ2v) is 7.80. The van der Waals surface area contributed by atoms with Crippen molar-refractivity contribution in [2.45, 2.75) is 43.9 Å². The van der Waals surface area contributed by atoms with Gasteiger partial charge in [0.2, 0.25) is 10.0 Å². The lowest BCUT2D eigenvalue weighted by molar-refractivity contribution is 0.133. The van der Waals surface area contributed by atoms with E-state index in [1.54, 1.807) is 12.1 Å². The second kappa shape index (κ2) is 6.90. The number of nitrogens with one attached hydrogen (secondary N) is 2. The van der Waals surface area contributed by atoms with Gasteiger partial charge in [-0.3, -0.25) is 0 Å². The molecule has 0 spiro atoms. The highest BCUT2D eigenvalue weighted by Gasteiger charge is 2.36. The molecule has 2 N–H and O–H groups in total. The quantitative estimate of drug-likeness (QED) is 0.774. The highest BCUT2D eigenvalue weighted by atomic mass is 32.2. The summed E-state index contributed by atoms with van der Waals surface area (Å²) in [5.74, 6) is 0. The molecule has 0 saturated heterocycles. The summed E-state index contributed by atoms with van der Waals surface area (Å²) in [4.78, 5) is 0.362. The van der Waals surface area contributed by atoms with E-state index in [4.69, 9.17) is 0 Å². The molecule has 0 heterocycles. The van der Waals surface area contributed by atoms with E-state index < -0.39 is 10.0 Å². The average molecular weight is 310 g/mol. The van der Waals surface area contributed by atoms with E-state index in [2.05, 4.69) is 17.0 Å². The van der Waals surface area contributed by atoms with E-state index in [9.17, 15) is 8.42 Å². The molecule has 2 rings (SSSR count). The van der Waals surface area contributed by atoms with Crippen molar-refractivity contribution < 1.29 is 8.42 Å². The number of rotatable bonds is 8. The number of likely N-dealkylation sites (N-methyl/N-ethyl adjacent to an activating group) is 1. The van der Waals surface area contributed by atoms with E-state index in [1.165, 1.54) is 6.42 Å². The Kier molecular flexibility index (Phi) is 5.41. The lowest BCUT2D eigenvalue weighted by Crippen LogP contribution is -2.41. The lowest BCUT2D eigenvalue weighted by Gasteiger charge is -2.41. The van der Waals surface area contributed by atoms with Crippen molar-refractivity contribution in [3.05, 3.63) is 29.8 Å². The molecule has 1 fully saturated rings. The van der Waals surface area contributed by atoms with Gasteiger partial charge in [0.1, 0.15) is 0 Å². The normalized spacial score (nSPS) is 17.4. The molecule has 0 aromatic heterocycles. The largest absolute Gasteiger partial charge is 0.319 e. The minimum atomic E-state index is -3.38. The number of hydrogen-bond donors (Lipinski definition) is 2. The highest BCUT2D eigenvalue weighted by molar-refractivity contribution is 7.89. The zero-order valence-corrected chi connectivity index (χ0v) is 13.8. The first kappa shape index (κ1) is 16.5. The fraction of sp³-hybridized carbons (Fsp3) is 0.625. The maximum absolute atomic E-state index is 12.3. The zero-order valence-electron chi connectivity index (χ0n) is 13.0. The van der Waals surface area contributed by atoms with Gasteiger partial charge in [0.15, 0.2) is 0 Å². The van der Waals surface area contributed by atoms with Crippen molar-refractivity contribution in [3.8, 4) is 0 Å². The van der Waals surface area contributed by atoms with E-state index in [0.29, 0.717) is 11.4 Å². The molecule has 118 valence electrons. The Hall–Kier alpha value is -0.910. The first-order chi connectivity index (χ1) is 10.0. The third-order valence-corrected chi connectivity index (χ3v) is 6.12. The molecule has 1 aromatic carbocycles. The SMILES string of the molecule is CCC1(CNS(=O)(=O)c2ccc(CCNC)cc2)CCC1. The van der Waals surface area contributed by atoms with E-state index in [-0.39, 0.29) is 5.41 Å². The maximum atomic E-state index is 12.3. The number of hydrogen-bond acceptors (Lipinski definition) is 3. The number of sulfonamides is 1. The molecule has 1 aliphatic carbocycles. The van der Waals surface area contributed by atoms with Crippen LogP contribution in [0.3, 0.4) is 0 Å². The average Bonchev–Trinajstić information content (AvgIpc) is 2.45. The van der Waals surface area contributed by atoms with Crippen LogP contribution in [0.1, 0.15) is 38.2 Å². The van der Waals surface area contributed by atoms with E-state index in [1.807, 2.05) is 19.2 Å². The maximum Gasteiger partial charge on any atom is 0.240 e. The summed E-state index contributed by atoms with van der Waals surface area (Å²) >= 11 is 0. The van der Waals surface area contributed by atoms with Gasteiger partial charge in [-0.25, -0.2) is 13.1 Å². The van der Waals surface area contributed by atoms with Crippen LogP contribution in [0.5, 0.6) is 0 Å². The first-order valence-electron chi connectivity index (χ1n) is 7.74. The molecular formula is C16H26N2O2S. The van der Waals surface area contributed by atoms with Gasteiger partial charge in [-0.1, -0.05) is 25.5 Å². The van der Waals surface area contributed by atoms with Gasteiger partial charge in [-0.15, -0.1) is 0 Å². The van der Waals surface area contributed by atoms with Gasteiger partial charge in [0.05, 0.1) is 4.90 Å².